The standard InChI is InChI=1S/C9H17N3O2S/c1-8(2)15(13,14)5-3-4-12-7-9(10)6-11-12/h6-8H,3-5,10H2,1-2H3. The van der Waals surface area contributed by atoms with Crippen molar-refractivity contribution in [3.05, 3.63) is 12.4 Å². The third-order valence-corrected chi connectivity index (χ3v) is 4.48. The predicted molar refractivity (Wildman–Crippen MR) is 60.2 cm³/mol. The fraction of sp³-hybridized carbons (Fsp3) is 0.667. The zero-order chi connectivity index (χ0) is 11.5. The lowest BCUT2D eigenvalue weighted by Gasteiger charge is -2.07. The van der Waals surface area contributed by atoms with E-state index >= 15 is 0 Å². The Labute approximate surface area is 90.2 Å². The highest BCUT2D eigenvalue weighted by Gasteiger charge is 2.15. The molecule has 6 heteroatoms. The van der Waals surface area contributed by atoms with Gasteiger partial charge in [0.2, 0.25) is 0 Å². The Bertz CT molecular complexity index is 409. The van der Waals surface area contributed by atoms with Crippen LogP contribution in [0.5, 0.6) is 0 Å². The summed E-state index contributed by atoms with van der Waals surface area (Å²) in [4.78, 5) is 0. The van der Waals surface area contributed by atoms with Crippen molar-refractivity contribution in [3.63, 3.8) is 0 Å². The average molecular weight is 231 g/mol. The number of aryl methyl sites for hydroxylation is 1. The Kier molecular flexibility index (Phi) is 3.73. The van der Waals surface area contributed by atoms with Crippen LogP contribution >= 0.6 is 0 Å². The molecule has 15 heavy (non-hydrogen) atoms. The van der Waals surface area contributed by atoms with Gasteiger partial charge < -0.3 is 5.73 Å². The molecule has 0 amide bonds. The van der Waals surface area contributed by atoms with Gasteiger partial charge in [-0.1, -0.05) is 0 Å². The van der Waals surface area contributed by atoms with Crippen LogP contribution in [0.2, 0.25) is 0 Å². The second kappa shape index (κ2) is 4.65. The summed E-state index contributed by atoms with van der Waals surface area (Å²) in [5.74, 6) is 0.199. The van der Waals surface area contributed by atoms with E-state index in [2.05, 4.69) is 5.10 Å². The number of anilines is 1. The highest BCUT2D eigenvalue weighted by atomic mass is 32.2. The van der Waals surface area contributed by atoms with Crippen LogP contribution in [0, 0.1) is 0 Å². The molecule has 0 aliphatic heterocycles. The van der Waals surface area contributed by atoms with Gasteiger partial charge in [0.25, 0.3) is 0 Å². The van der Waals surface area contributed by atoms with Crippen molar-refractivity contribution < 1.29 is 8.42 Å². The van der Waals surface area contributed by atoms with Crippen molar-refractivity contribution >= 4 is 15.5 Å². The quantitative estimate of drug-likeness (QED) is 0.808. The van der Waals surface area contributed by atoms with Crippen LogP contribution < -0.4 is 5.73 Å². The zero-order valence-electron chi connectivity index (χ0n) is 9.05. The summed E-state index contributed by atoms with van der Waals surface area (Å²) in [7, 11) is -2.93. The number of nitrogens with two attached hydrogens (primary N) is 1. The first-order valence-electron chi connectivity index (χ1n) is 4.91. The lowest BCUT2D eigenvalue weighted by molar-refractivity contribution is 0.566. The zero-order valence-corrected chi connectivity index (χ0v) is 9.87. The summed E-state index contributed by atoms with van der Waals surface area (Å²) in [6.45, 7) is 3.98. The molecule has 5 nitrogen and oxygen atoms in total. The normalized spacial score (nSPS) is 12.2. The van der Waals surface area contributed by atoms with E-state index < -0.39 is 9.84 Å². The maximum Gasteiger partial charge on any atom is 0.152 e. The molecule has 0 saturated carbocycles. The number of sulfone groups is 1. The summed E-state index contributed by atoms with van der Waals surface area (Å²) in [6.07, 6.45) is 3.82. The molecule has 0 aliphatic carbocycles. The molecule has 1 heterocycles. The van der Waals surface area contributed by atoms with Crippen molar-refractivity contribution in [2.24, 2.45) is 0 Å². The van der Waals surface area contributed by atoms with E-state index in [4.69, 9.17) is 5.73 Å². The SMILES string of the molecule is CC(C)S(=O)(=O)CCCn1cc(N)cn1. The lowest BCUT2D eigenvalue weighted by atomic mass is 10.5. The molecule has 2 N–H and O–H groups in total. The Hall–Kier alpha value is -1.04. The molecule has 1 aromatic rings. The first kappa shape index (κ1) is 12.0. The number of hydrogen-bond acceptors (Lipinski definition) is 4. The Balaban J connectivity index is 2.40. The van der Waals surface area contributed by atoms with Crippen LogP contribution in [0.15, 0.2) is 12.4 Å². The average Bonchev–Trinajstić information content (AvgIpc) is 2.51. The van der Waals surface area contributed by atoms with Crippen molar-refractivity contribution in [1.29, 1.82) is 0 Å². The van der Waals surface area contributed by atoms with Gasteiger partial charge in [0.05, 0.1) is 22.9 Å². The number of nitrogen functional groups attached to an aromatic ring is 1. The first-order chi connectivity index (χ1) is 6.92. The van der Waals surface area contributed by atoms with Crippen LogP contribution in [0.25, 0.3) is 0 Å². The highest BCUT2D eigenvalue weighted by Crippen LogP contribution is 2.04. The molecule has 0 spiro atoms. The van der Waals surface area contributed by atoms with E-state index in [1.54, 1.807) is 30.9 Å². The first-order valence-corrected chi connectivity index (χ1v) is 6.63. The molecule has 0 atom stereocenters. The molecule has 0 aliphatic rings. The summed E-state index contributed by atoms with van der Waals surface area (Å²) in [6, 6.07) is 0. The lowest BCUT2D eigenvalue weighted by Crippen LogP contribution is -2.18. The van der Waals surface area contributed by atoms with Gasteiger partial charge in [0, 0.05) is 12.7 Å². The van der Waals surface area contributed by atoms with Gasteiger partial charge in [-0.25, -0.2) is 8.42 Å². The van der Waals surface area contributed by atoms with Crippen molar-refractivity contribution in [2.45, 2.75) is 32.1 Å². The molecule has 0 fully saturated rings. The second-order valence-electron chi connectivity index (χ2n) is 3.81. The van der Waals surface area contributed by atoms with Gasteiger partial charge >= 0.3 is 0 Å². The van der Waals surface area contributed by atoms with E-state index in [1.165, 1.54) is 0 Å². The van der Waals surface area contributed by atoms with E-state index in [0.717, 1.165) is 0 Å². The molecule has 0 saturated heterocycles. The van der Waals surface area contributed by atoms with E-state index in [1.807, 2.05) is 0 Å². The molecule has 0 bridgehead atoms. The van der Waals surface area contributed by atoms with Gasteiger partial charge in [0.1, 0.15) is 0 Å². The predicted octanol–water partition coefficient (Wildman–Crippen LogP) is 0.679. The van der Waals surface area contributed by atoms with Crippen molar-refractivity contribution in [2.75, 3.05) is 11.5 Å². The van der Waals surface area contributed by atoms with Gasteiger partial charge in [-0.15, -0.1) is 0 Å². The number of aromatic nitrogens is 2. The number of hydrogen-bond donors (Lipinski definition) is 1. The minimum Gasteiger partial charge on any atom is -0.396 e. The third kappa shape index (κ3) is 3.54. The van der Waals surface area contributed by atoms with Gasteiger partial charge in [-0.3, -0.25) is 4.68 Å². The molecular formula is C9H17N3O2S. The number of rotatable bonds is 5. The topological polar surface area (TPSA) is 78.0 Å². The molecule has 0 radical (unpaired) electrons. The van der Waals surface area contributed by atoms with Crippen LogP contribution in [-0.2, 0) is 16.4 Å². The second-order valence-corrected chi connectivity index (χ2v) is 6.48. The Morgan fingerprint density at radius 3 is 2.67 bits per heavy atom. The largest absolute Gasteiger partial charge is 0.396 e. The van der Waals surface area contributed by atoms with Gasteiger partial charge in [0.15, 0.2) is 9.84 Å². The molecule has 0 aromatic carbocycles. The minimum absolute atomic E-state index is 0.199. The highest BCUT2D eigenvalue weighted by molar-refractivity contribution is 7.91. The Morgan fingerprint density at radius 2 is 2.20 bits per heavy atom. The van der Waals surface area contributed by atoms with Crippen molar-refractivity contribution in [1.82, 2.24) is 9.78 Å². The fourth-order valence-corrected chi connectivity index (χ4v) is 2.17. The summed E-state index contributed by atoms with van der Waals surface area (Å²) in [5, 5.41) is 3.67. The van der Waals surface area contributed by atoms with Crippen molar-refractivity contribution in [3.8, 4) is 0 Å². The van der Waals surface area contributed by atoms with E-state index in [-0.39, 0.29) is 11.0 Å². The van der Waals surface area contributed by atoms with Gasteiger partial charge in [-0.05, 0) is 20.3 Å². The Morgan fingerprint density at radius 1 is 1.53 bits per heavy atom. The number of nitrogens with zero attached hydrogens (tertiary/aromatic N) is 2. The van der Waals surface area contributed by atoms with E-state index in [0.29, 0.717) is 18.7 Å². The summed E-state index contributed by atoms with van der Waals surface area (Å²) >= 11 is 0. The van der Waals surface area contributed by atoms with Crippen LogP contribution in [0.4, 0.5) is 5.69 Å². The molecular weight excluding hydrogens is 214 g/mol. The third-order valence-electron chi connectivity index (χ3n) is 2.19. The monoisotopic (exact) mass is 231 g/mol. The fourth-order valence-electron chi connectivity index (χ4n) is 1.17. The maximum absolute atomic E-state index is 11.5. The molecule has 86 valence electrons. The summed E-state index contributed by atoms with van der Waals surface area (Å²) in [5.41, 5.74) is 6.08. The smallest absolute Gasteiger partial charge is 0.152 e. The molecule has 0 unspecified atom stereocenters. The summed E-state index contributed by atoms with van der Waals surface area (Å²) < 4.78 is 24.6. The van der Waals surface area contributed by atoms with Gasteiger partial charge in [-0.2, -0.15) is 5.10 Å². The minimum atomic E-state index is -2.93. The van der Waals surface area contributed by atoms with Crippen LogP contribution in [0.3, 0.4) is 0 Å². The molecule has 1 rings (SSSR count). The van der Waals surface area contributed by atoms with E-state index in [9.17, 15) is 8.42 Å². The van der Waals surface area contributed by atoms with Crippen LogP contribution in [-0.4, -0.2) is 29.2 Å². The molecule has 1 aromatic heterocycles. The van der Waals surface area contributed by atoms with Crippen LogP contribution in [0.1, 0.15) is 20.3 Å². The maximum atomic E-state index is 11.5.